The van der Waals surface area contributed by atoms with Crippen molar-refractivity contribution in [3.05, 3.63) is 32.3 Å². The van der Waals surface area contributed by atoms with Crippen LogP contribution < -0.4 is 5.32 Å². The third-order valence-corrected chi connectivity index (χ3v) is 4.06. The van der Waals surface area contributed by atoms with E-state index in [1.807, 2.05) is 0 Å². The lowest BCUT2D eigenvalue weighted by Crippen LogP contribution is -2.31. The Morgan fingerprint density at radius 1 is 1.39 bits per heavy atom. The first-order valence-electron chi connectivity index (χ1n) is 5.89. The van der Waals surface area contributed by atoms with E-state index in [-0.39, 0.29) is 11.7 Å². The molecule has 1 atom stereocenters. The number of anilines is 1. The number of nitrogens with one attached hydrogen (secondary N) is 1. The van der Waals surface area contributed by atoms with Crippen molar-refractivity contribution >= 4 is 34.6 Å². The number of hydrogen-bond acceptors (Lipinski definition) is 3. The lowest BCUT2D eigenvalue weighted by molar-refractivity contribution is -0.384. The highest BCUT2D eigenvalue weighted by Crippen LogP contribution is 2.37. The van der Waals surface area contributed by atoms with Gasteiger partial charge < -0.3 is 5.32 Å². The van der Waals surface area contributed by atoms with Crippen LogP contribution in [0.2, 0.25) is 10.0 Å². The quantitative estimate of drug-likeness (QED) is 0.655. The van der Waals surface area contributed by atoms with Gasteiger partial charge in [0.2, 0.25) is 0 Å². The summed E-state index contributed by atoms with van der Waals surface area (Å²) >= 11 is 12.1. The second-order valence-electron chi connectivity index (χ2n) is 4.67. The molecule has 1 fully saturated rings. The molecule has 0 saturated heterocycles. The molecule has 6 heteroatoms. The highest BCUT2D eigenvalue weighted by molar-refractivity contribution is 6.39. The molecule has 0 spiro atoms. The standard InChI is InChI=1S/C12H14Cl2N2O2/c1-7(8-3-2-4-8)15-12-10(13)5-9(16(17)18)6-11(12)14/h5-8,15H,2-4H2,1H3. The molecule has 0 bridgehead atoms. The molecule has 0 amide bonds. The molecular formula is C12H14Cl2N2O2. The van der Waals surface area contributed by atoms with Crippen LogP contribution in [0.4, 0.5) is 11.4 Å². The molecule has 1 N–H and O–H groups in total. The summed E-state index contributed by atoms with van der Waals surface area (Å²) in [5.74, 6) is 0.632. The minimum Gasteiger partial charge on any atom is -0.380 e. The van der Waals surface area contributed by atoms with E-state index in [2.05, 4.69) is 12.2 Å². The van der Waals surface area contributed by atoms with Gasteiger partial charge in [0, 0.05) is 18.2 Å². The van der Waals surface area contributed by atoms with Gasteiger partial charge in [0.15, 0.2) is 0 Å². The molecule has 2 rings (SSSR count). The molecule has 0 aromatic heterocycles. The summed E-state index contributed by atoms with van der Waals surface area (Å²) in [5.41, 5.74) is 0.496. The Bertz CT molecular complexity index is 452. The third-order valence-electron chi connectivity index (χ3n) is 3.47. The molecule has 98 valence electrons. The first-order valence-corrected chi connectivity index (χ1v) is 6.64. The van der Waals surface area contributed by atoms with E-state index in [9.17, 15) is 10.1 Å². The van der Waals surface area contributed by atoms with Crippen molar-refractivity contribution in [3.63, 3.8) is 0 Å². The normalized spacial score (nSPS) is 17.1. The molecule has 0 aliphatic heterocycles. The topological polar surface area (TPSA) is 55.2 Å². The summed E-state index contributed by atoms with van der Waals surface area (Å²) in [4.78, 5) is 10.2. The molecule has 1 saturated carbocycles. The summed E-state index contributed by atoms with van der Waals surface area (Å²) < 4.78 is 0. The summed E-state index contributed by atoms with van der Waals surface area (Å²) in [6.45, 7) is 2.08. The van der Waals surface area contributed by atoms with Crippen molar-refractivity contribution in [2.24, 2.45) is 5.92 Å². The largest absolute Gasteiger partial charge is 0.380 e. The number of halogens is 2. The van der Waals surface area contributed by atoms with Gasteiger partial charge in [-0.2, -0.15) is 0 Å². The van der Waals surface area contributed by atoms with Gasteiger partial charge in [-0.15, -0.1) is 0 Å². The zero-order valence-corrected chi connectivity index (χ0v) is 11.5. The fourth-order valence-corrected chi connectivity index (χ4v) is 2.67. The maximum atomic E-state index is 10.7. The highest BCUT2D eigenvalue weighted by Gasteiger charge is 2.25. The number of rotatable bonds is 4. The average molecular weight is 289 g/mol. The smallest absolute Gasteiger partial charge is 0.272 e. The maximum absolute atomic E-state index is 10.7. The van der Waals surface area contributed by atoms with Crippen LogP contribution in [0, 0.1) is 16.0 Å². The number of nitrogens with zero attached hydrogens (tertiary/aromatic N) is 1. The van der Waals surface area contributed by atoms with Crippen LogP contribution in [0.5, 0.6) is 0 Å². The van der Waals surface area contributed by atoms with E-state index in [0.717, 1.165) is 0 Å². The summed E-state index contributed by atoms with van der Waals surface area (Å²) in [6, 6.07) is 2.92. The van der Waals surface area contributed by atoms with Gasteiger partial charge in [-0.3, -0.25) is 10.1 Å². The number of non-ortho nitro benzene ring substituents is 1. The van der Waals surface area contributed by atoms with Crippen LogP contribution in [0.25, 0.3) is 0 Å². The minimum atomic E-state index is -0.503. The van der Waals surface area contributed by atoms with E-state index in [4.69, 9.17) is 23.2 Å². The van der Waals surface area contributed by atoms with Crippen molar-refractivity contribution in [1.29, 1.82) is 0 Å². The molecule has 1 aliphatic carbocycles. The van der Waals surface area contributed by atoms with Crippen LogP contribution in [-0.4, -0.2) is 11.0 Å². The van der Waals surface area contributed by atoms with Gasteiger partial charge in [-0.25, -0.2) is 0 Å². The van der Waals surface area contributed by atoms with Gasteiger partial charge in [-0.1, -0.05) is 29.6 Å². The number of benzene rings is 1. The van der Waals surface area contributed by atoms with Crippen LogP contribution >= 0.6 is 23.2 Å². The third kappa shape index (κ3) is 2.70. The lowest BCUT2D eigenvalue weighted by Gasteiger charge is -2.32. The van der Waals surface area contributed by atoms with Crippen molar-refractivity contribution in [2.45, 2.75) is 32.2 Å². The van der Waals surface area contributed by atoms with Gasteiger partial charge in [0.1, 0.15) is 0 Å². The molecule has 4 nitrogen and oxygen atoms in total. The second-order valence-corrected chi connectivity index (χ2v) is 5.48. The fraction of sp³-hybridized carbons (Fsp3) is 0.500. The van der Waals surface area contributed by atoms with E-state index >= 15 is 0 Å². The molecule has 1 unspecified atom stereocenters. The SMILES string of the molecule is CC(Nc1c(Cl)cc([N+](=O)[O-])cc1Cl)C1CCC1. The molecular weight excluding hydrogens is 275 g/mol. The second kappa shape index (κ2) is 5.33. The zero-order valence-electron chi connectivity index (χ0n) is 9.95. The Morgan fingerprint density at radius 3 is 2.33 bits per heavy atom. The van der Waals surface area contributed by atoms with Crippen molar-refractivity contribution in [3.8, 4) is 0 Å². The number of nitro benzene ring substituents is 1. The molecule has 1 aliphatic rings. The number of nitro groups is 1. The summed E-state index contributed by atoms with van der Waals surface area (Å²) in [7, 11) is 0. The average Bonchev–Trinajstić information content (AvgIpc) is 2.20. The Morgan fingerprint density at radius 2 is 1.94 bits per heavy atom. The predicted octanol–water partition coefficient (Wildman–Crippen LogP) is 4.50. The highest BCUT2D eigenvalue weighted by atomic mass is 35.5. The van der Waals surface area contributed by atoms with Crippen molar-refractivity contribution < 1.29 is 4.92 Å². The van der Waals surface area contributed by atoms with E-state index in [1.165, 1.54) is 31.4 Å². The van der Waals surface area contributed by atoms with E-state index in [0.29, 0.717) is 21.7 Å². The summed E-state index contributed by atoms with van der Waals surface area (Å²) in [5, 5.41) is 14.5. The Kier molecular flexibility index (Phi) is 3.97. The molecule has 0 heterocycles. The van der Waals surface area contributed by atoms with Crippen LogP contribution in [0.15, 0.2) is 12.1 Å². The molecule has 1 aromatic rings. The fourth-order valence-electron chi connectivity index (χ4n) is 2.09. The van der Waals surface area contributed by atoms with E-state index in [1.54, 1.807) is 0 Å². The monoisotopic (exact) mass is 288 g/mol. The molecule has 1 aromatic carbocycles. The number of hydrogen-bond donors (Lipinski definition) is 1. The molecule has 18 heavy (non-hydrogen) atoms. The van der Waals surface area contributed by atoms with Crippen molar-refractivity contribution in [2.75, 3.05) is 5.32 Å². The van der Waals surface area contributed by atoms with Gasteiger partial charge in [0.05, 0.1) is 20.7 Å². The van der Waals surface area contributed by atoms with Gasteiger partial charge >= 0.3 is 0 Å². The zero-order chi connectivity index (χ0) is 13.3. The van der Waals surface area contributed by atoms with Crippen molar-refractivity contribution in [1.82, 2.24) is 0 Å². The van der Waals surface area contributed by atoms with E-state index < -0.39 is 4.92 Å². The Labute approximate surface area is 115 Å². The van der Waals surface area contributed by atoms with Crippen LogP contribution in [0.3, 0.4) is 0 Å². The van der Waals surface area contributed by atoms with Crippen LogP contribution in [0.1, 0.15) is 26.2 Å². The first-order chi connectivity index (χ1) is 8.49. The Balaban J connectivity index is 2.19. The first kappa shape index (κ1) is 13.4. The Hall–Kier alpha value is -1.00. The molecule has 0 radical (unpaired) electrons. The summed E-state index contributed by atoms with van der Waals surface area (Å²) in [6.07, 6.45) is 3.67. The van der Waals surface area contributed by atoms with Crippen LogP contribution in [-0.2, 0) is 0 Å². The predicted molar refractivity (Wildman–Crippen MR) is 73.5 cm³/mol. The maximum Gasteiger partial charge on any atom is 0.272 e. The lowest BCUT2D eigenvalue weighted by atomic mass is 9.80. The van der Waals surface area contributed by atoms with Gasteiger partial charge in [-0.05, 0) is 25.7 Å². The van der Waals surface area contributed by atoms with Gasteiger partial charge in [0.25, 0.3) is 5.69 Å². The minimum absolute atomic E-state index is 0.0909.